The summed E-state index contributed by atoms with van der Waals surface area (Å²) >= 11 is 0. The number of esters is 8. The number of ether oxygens (including phenoxy) is 8. The van der Waals surface area contributed by atoms with Gasteiger partial charge in [-0.3, -0.25) is 38.4 Å². The highest BCUT2D eigenvalue weighted by Gasteiger charge is 2.29. The van der Waals surface area contributed by atoms with E-state index in [1.165, 1.54) is 0 Å². The molecular formula is C90H128O16. The van der Waals surface area contributed by atoms with E-state index in [4.69, 9.17) is 37.9 Å². The van der Waals surface area contributed by atoms with E-state index in [-0.39, 0.29) is 97.4 Å². The van der Waals surface area contributed by atoms with Gasteiger partial charge in [-0.1, -0.05) is 261 Å². The first-order chi connectivity index (χ1) is 51.6. The number of fused-ring (bicyclic) bond motifs is 11. The fraction of sp³-hybridized carbons (Fsp3) is 0.622. The summed E-state index contributed by atoms with van der Waals surface area (Å²) < 4.78 is 51.2. The van der Waals surface area contributed by atoms with Crippen molar-refractivity contribution in [2.45, 2.75) is 364 Å². The summed E-state index contributed by atoms with van der Waals surface area (Å²) in [6, 6.07) is 13.3. The number of hydrogen-bond acceptors (Lipinski definition) is 16. The average molecular weight is 1470 g/mol. The number of carbonyl (C=O) groups is 8. The molecule has 0 bridgehead atoms. The molecule has 0 radical (unpaired) electrons. The standard InChI is InChI=1S/C90H128O16/c1-9-17-25-33-41-49-81(91)99-73-57-65-66-58-74(100-82(92)50-42-34-26-18-10-2)78(104-86(96)54-46-38-30-22-14-6)62-70(66)90-72-64-80(106-88(98)56-48-40-32-24-16-8)76(102-84(94)52-44-36-28-20-12-4)60-68(72)67-59-75(101-83(93)51-43-35-27-19-11-3)79(105-87(97)55-47-39-31-23-15-7)63-71(67)89(90)69(65)61-77(73)103-85(95)53-45-37-29-21-13-5/h57-64H,9-56H2,1-8H3. The zero-order valence-electron chi connectivity index (χ0n) is 66.1. The number of carbonyl (C=O) groups excluding carboxylic acids is 8. The van der Waals surface area contributed by atoms with Gasteiger partial charge >= 0.3 is 47.8 Å². The first kappa shape index (κ1) is 87.3. The van der Waals surface area contributed by atoms with Gasteiger partial charge in [-0.05, 0) is 154 Å². The van der Waals surface area contributed by atoms with Gasteiger partial charge in [0.1, 0.15) is 0 Å². The highest BCUT2D eigenvalue weighted by Crippen LogP contribution is 2.52. The maximum absolute atomic E-state index is 14.4. The summed E-state index contributed by atoms with van der Waals surface area (Å²) in [5.41, 5.74) is 0. The Hall–Kier alpha value is -7.62. The van der Waals surface area contributed by atoms with Crippen LogP contribution in [0.2, 0.25) is 0 Å². The molecule has 0 aliphatic heterocycles. The van der Waals surface area contributed by atoms with Gasteiger partial charge in [-0.15, -0.1) is 0 Å². The van der Waals surface area contributed by atoms with Crippen molar-refractivity contribution in [3.05, 3.63) is 48.5 Å². The Bertz CT molecular complexity index is 3290. The number of rotatable bonds is 56. The fourth-order valence-corrected chi connectivity index (χ4v) is 13.8. The molecule has 0 heterocycles. The van der Waals surface area contributed by atoms with Crippen molar-refractivity contribution < 1.29 is 76.3 Å². The van der Waals surface area contributed by atoms with Crippen molar-refractivity contribution in [1.29, 1.82) is 0 Å². The highest BCUT2D eigenvalue weighted by molar-refractivity contribution is 6.40. The summed E-state index contributed by atoms with van der Waals surface area (Å²) in [4.78, 5) is 115. The van der Waals surface area contributed by atoms with Crippen molar-refractivity contribution in [2.24, 2.45) is 0 Å². The second-order valence-corrected chi connectivity index (χ2v) is 29.2. The number of unbranched alkanes of at least 4 members (excludes halogenated alkanes) is 32. The molecule has 0 aromatic heterocycles. The van der Waals surface area contributed by atoms with Crippen molar-refractivity contribution in [1.82, 2.24) is 0 Å². The third-order valence-electron chi connectivity index (χ3n) is 19.9. The maximum Gasteiger partial charge on any atom is 0.311 e. The number of benzene rings is 6. The van der Waals surface area contributed by atoms with E-state index in [0.29, 0.717) is 105 Å². The third kappa shape index (κ3) is 29.5. The van der Waals surface area contributed by atoms with E-state index in [0.717, 1.165) is 205 Å². The molecule has 6 aromatic rings. The van der Waals surface area contributed by atoms with Crippen LogP contribution in [-0.2, 0) is 38.4 Å². The molecule has 0 N–H and O–H groups in total. The quantitative estimate of drug-likeness (QED) is 0.0150. The molecule has 0 aliphatic rings. The van der Waals surface area contributed by atoms with Crippen LogP contribution in [-0.4, -0.2) is 47.8 Å². The lowest BCUT2D eigenvalue weighted by Gasteiger charge is -2.22. The lowest BCUT2D eigenvalue weighted by atomic mass is 9.86. The summed E-state index contributed by atoms with van der Waals surface area (Å²) in [7, 11) is 0. The van der Waals surface area contributed by atoms with E-state index < -0.39 is 47.8 Å². The van der Waals surface area contributed by atoms with Gasteiger partial charge in [0, 0.05) is 51.4 Å². The average Bonchev–Trinajstić information content (AvgIpc) is 0.697. The van der Waals surface area contributed by atoms with Crippen molar-refractivity contribution >= 4 is 102 Å². The summed E-state index contributed by atoms with van der Waals surface area (Å²) in [5, 5.41) is 4.22. The van der Waals surface area contributed by atoms with Crippen LogP contribution in [0.15, 0.2) is 48.5 Å². The SMILES string of the molecule is CCCCCCCC(=O)Oc1cc2c3cc(OC(=O)CCCCCCC)c(OC(=O)CCCCCCC)cc3c3c4cc(OC(=O)CCCCCCC)c(OC(=O)CCCCCCC)cc4c4cc(OC(=O)CCCCCCC)c(OC(=O)CCCCCCC)cc4c3c2cc1OC(=O)CCCCCCC. The Balaban J connectivity index is 1.87. The second-order valence-electron chi connectivity index (χ2n) is 29.2. The smallest absolute Gasteiger partial charge is 0.311 e. The molecular weight excluding hydrogens is 1340 g/mol. The molecule has 0 saturated heterocycles. The van der Waals surface area contributed by atoms with Crippen LogP contribution in [0.5, 0.6) is 46.0 Å². The molecule has 0 spiro atoms. The molecule has 0 aliphatic carbocycles. The molecule has 0 fully saturated rings. The summed E-state index contributed by atoms with van der Waals surface area (Å²) in [5.74, 6) is -4.73. The highest BCUT2D eigenvalue weighted by atomic mass is 16.6. The minimum atomic E-state index is -0.547. The largest absolute Gasteiger partial charge is 0.422 e. The Kier molecular flexibility index (Phi) is 41.3. The molecule has 0 unspecified atom stereocenters. The van der Waals surface area contributed by atoms with Gasteiger partial charge in [0.15, 0.2) is 46.0 Å². The third-order valence-corrected chi connectivity index (χ3v) is 19.9. The monoisotopic (exact) mass is 1460 g/mol. The van der Waals surface area contributed by atoms with E-state index in [1.807, 2.05) is 0 Å². The molecule has 16 nitrogen and oxygen atoms in total. The predicted octanol–water partition coefficient (Wildman–Crippen LogP) is 25.6. The van der Waals surface area contributed by atoms with E-state index in [1.54, 1.807) is 48.5 Å². The second kappa shape index (κ2) is 50.1. The number of hydrogen-bond donors (Lipinski definition) is 0. The van der Waals surface area contributed by atoms with E-state index >= 15 is 0 Å². The Labute approximate surface area is 632 Å². The summed E-state index contributed by atoms with van der Waals surface area (Å²) in [6.07, 6.45) is 35.5. The zero-order chi connectivity index (χ0) is 76.3. The lowest BCUT2D eigenvalue weighted by molar-refractivity contribution is -0.137. The van der Waals surface area contributed by atoms with Gasteiger partial charge < -0.3 is 37.9 Å². The van der Waals surface area contributed by atoms with E-state index in [9.17, 15) is 38.4 Å². The van der Waals surface area contributed by atoms with Crippen LogP contribution in [0.3, 0.4) is 0 Å². The van der Waals surface area contributed by atoms with Gasteiger partial charge in [-0.2, -0.15) is 0 Å². The predicted molar refractivity (Wildman–Crippen MR) is 426 cm³/mol. The van der Waals surface area contributed by atoms with Crippen LogP contribution in [0.25, 0.3) is 53.9 Å². The zero-order valence-corrected chi connectivity index (χ0v) is 66.1. The van der Waals surface area contributed by atoms with Crippen molar-refractivity contribution in [2.75, 3.05) is 0 Å². The summed E-state index contributed by atoms with van der Waals surface area (Å²) in [6.45, 7) is 17.0. The van der Waals surface area contributed by atoms with Crippen LogP contribution < -0.4 is 37.9 Å². The fourth-order valence-electron chi connectivity index (χ4n) is 13.8. The van der Waals surface area contributed by atoms with Crippen LogP contribution in [0, 0.1) is 0 Å². The minimum Gasteiger partial charge on any atom is -0.422 e. The van der Waals surface area contributed by atoms with Gasteiger partial charge in [0.25, 0.3) is 0 Å². The van der Waals surface area contributed by atoms with Crippen LogP contribution in [0.1, 0.15) is 364 Å². The molecule has 0 atom stereocenters. The van der Waals surface area contributed by atoms with E-state index in [2.05, 4.69) is 55.4 Å². The Morgan fingerprint density at radius 1 is 0.170 bits per heavy atom. The molecule has 16 heteroatoms. The molecule has 6 aromatic carbocycles. The van der Waals surface area contributed by atoms with Crippen LogP contribution in [0.4, 0.5) is 0 Å². The first-order valence-electron chi connectivity index (χ1n) is 41.8. The van der Waals surface area contributed by atoms with Gasteiger partial charge in [0.2, 0.25) is 0 Å². The van der Waals surface area contributed by atoms with Crippen molar-refractivity contribution in [3.63, 3.8) is 0 Å². The first-order valence-corrected chi connectivity index (χ1v) is 41.8. The maximum atomic E-state index is 14.4. The lowest BCUT2D eigenvalue weighted by Crippen LogP contribution is -2.13. The Morgan fingerprint density at radius 2 is 0.283 bits per heavy atom. The normalized spacial score (nSPS) is 11.4. The molecule has 6 rings (SSSR count). The minimum absolute atomic E-state index is 0.0431. The molecule has 0 amide bonds. The topological polar surface area (TPSA) is 210 Å². The molecule has 584 valence electrons. The van der Waals surface area contributed by atoms with Crippen molar-refractivity contribution in [3.8, 4) is 46.0 Å². The molecule has 0 saturated carbocycles. The van der Waals surface area contributed by atoms with Crippen LogP contribution >= 0.6 is 0 Å². The molecule has 106 heavy (non-hydrogen) atoms. The van der Waals surface area contributed by atoms with Gasteiger partial charge in [-0.25, -0.2) is 0 Å². The van der Waals surface area contributed by atoms with Gasteiger partial charge in [0.05, 0.1) is 0 Å². The Morgan fingerprint density at radius 3 is 0.406 bits per heavy atom.